The minimum Gasteiger partial charge on any atom is -0.373 e. The molecule has 0 aliphatic carbocycles. The zero-order valence-corrected chi connectivity index (χ0v) is 12.1. The van der Waals surface area contributed by atoms with Crippen LogP contribution in [0.4, 0.5) is 0 Å². The van der Waals surface area contributed by atoms with Gasteiger partial charge in [0.05, 0.1) is 12.7 Å². The lowest BCUT2D eigenvalue weighted by Gasteiger charge is -2.26. The third kappa shape index (κ3) is 4.19. The summed E-state index contributed by atoms with van der Waals surface area (Å²) in [5.74, 6) is 0. The van der Waals surface area contributed by atoms with Crippen molar-refractivity contribution >= 4 is 0 Å². The highest BCUT2D eigenvalue weighted by Gasteiger charge is 2.20. The van der Waals surface area contributed by atoms with Gasteiger partial charge in [-0.3, -0.25) is 0 Å². The van der Waals surface area contributed by atoms with Crippen LogP contribution >= 0.6 is 0 Å². The summed E-state index contributed by atoms with van der Waals surface area (Å²) in [6.07, 6.45) is 5.76. The normalized spacial score (nSPS) is 19.3. The van der Waals surface area contributed by atoms with Crippen LogP contribution in [0.15, 0.2) is 35.9 Å². The van der Waals surface area contributed by atoms with E-state index >= 15 is 0 Å². The van der Waals surface area contributed by atoms with E-state index in [0.717, 1.165) is 39.0 Å². The summed E-state index contributed by atoms with van der Waals surface area (Å²) in [5.41, 5.74) is 4.27. The molecule has 0 spiro atoms. The van der Waals surface area contributed by atoms with E-state index in [-0.39, 0.29) is 6.10 Å². The smallest absolute Gasteiger partial charge is 0.0864 e. The summed E-state index contributed by atoms with van der Waals surface area (Å²) in [5, 5.41) is 3.35. The third-order valence-electron chi connectivity index (χ3n) is 3.66. The topological polar surface area (TPSA) is 21.3 Å². The molecule has 1 N–H and O–H groups in total. The Labute approximate surface area is 116 Å². The summed E-state index contributed by atoms with van der Waals surface area (Å²) in [6.45, 7) is 7.32. The number of nitrogens with one attached hydrogen (secondary N) is 1. The first kappa shape index (κ1) is 14.3. The molecule has 19 heavy (non-hydrogen) atoms. The van der Waals surface area contributed by atoms with Crippen molar-refractivity contribution in [1.82, 2.24) is 5.32 Å². The molecule has 1 aliphatic rings. The standard InChI is InChI=1S/C17H25NO/c1-3-18-11-6-7-14(2)13-17-16-9-5-4-8-15(16)10-12-19-17/h4-5,7-9,17-18H,3,6,10-13H2,1-2H3. The maximum absolute atomic E-state index is 5.95. The summed E-state index contributed by atoms with van der Waals surface area (Å²) in [7, 11) is 0. The Morgan fingerprint density at radius 2 is 2.26 bits per heavy atom. The Balaban J connectivity index is 1.93. The lowest BCUT2D eigenvalue weighted by molar-refractivity contribution is 0.0427. The van der Waals surface area contributed by atoms with Crippen molar-refractivity contribution in [3.63, 3.8) is 0 Å². The fourth-order valence-electron chi connectivity index (χ4n) is 2.62. The first-order valence-electron chi connectivity index (χ1n) is 7.37. The quantitative estimate of drug-likeness (QED) is 0.622. The summed E-state index contributed by atoms with van der Waals surface area (Å²) >= 11 is 0. The van der Waals surface area contributed by atoms with Gasteiger partial charge in [0.15, 0.2) is 0 Å². The van der Waals surface area contributed by atoms with E-state index in [1.165, 1.54) is 16.7 Å². The lowest BCUT2D eigenvalue weighted by Crippen LogP contribution is -2.16. The third-order valence-corrected chi connectivity index (χ3v) is 3.66. The SMILES string of the molecule is CCNCCC=C(C)CC1OCCc2ccccc21. The summed E-state index contributed by atoms with van der Waals surface area (Å²) in [6, 6.07) is 8.69. The van der Waals surface area contributed by atoms with Crippen LogP contribution < -0.4 is 5.32 Å². The second-order valence-corrected chi connectivity index (χ2v) is 5.21. The zero-order valence-electron chi connectivity index (χ0n) is 12.1. The van der Waals surface area contributed by atoms with Gasteiger partial charge in [-0.1, -0.05) is 42.8 Å². The van der Waals surface area contributed by atoms with Crippen LogP contribution in [0.2, 0.25) is 0 Å². The number of ether oxygens (including phenoxy) is 1. The molecule has 1 atom stereocenters. The van der Waals surface area contributed by atoms with Gasteiger partial charge in [-0.05, 0) is 50.4 Å². The minimum atomic E-state index is 0.250. The average Bonchev–Trinajstić information content (AvgIpc) is 2.44. The van der Waals surface area contributed by atoms with Crippen LogP contribution in [0.5, 0.6) is 0 Å². The van der Waals surface area contributed by atoms with Crippen molar-refractivity contribution in [3.8, 4) is 0 Å². The first-order valence-corrected chi connectivity index (χ1v) is 7.37. The second kappa shape index (κ2) is 7.46. The van der Waals surface area contributed by atoms with Gasteiger partial charge in [-0.2, -0.15) is 0 Å². The van der Waals surface area contributed by atoms with Crippen molar-refractivity contribution in [2.75, 3.05) is 19.7 Å². The van der Waals surface area contributed by atoms with E-state index < -0.39 is 0 Å². The molecular weight excluding hydrogens is 234 g/mol. The van der Waals surface area contributed by atoms with Crippen LogP contribution in [-0.2, 0) is 11.2 Å². The molecule has 2 nitrogen and oxygen atoms in total. The highest BCUT2D eigenvalue weighted by molar-refractivity contribution is 5.31. The van der Waals surface area contributed by atoms with Gasteiger partial charge in [-0.25, -0.2) is 0 Å². The highest BCUT2D eigenvalue weighted by atomic mass is 16.5. The van der Waals surface area contributed by atoms with Gasteiger partial charge in [0, 0.05) is 0 Å². The van der Waals surface area contributed by atoms with Gasteiger partial charge in [-0.15, -0.1) is 0 Å². The Bertz CT molecular complexity index is 425. The molecule has 2 heteroatoms. The largest absolute Gasteiger partial charge is 0.373 e. The van der Waals surface area contributed by atoms with E-state index in [1.807, 2.05) is 0 Å². The fourth-order valence-corrected chi connectivity index (χ4v) is 2.62. The van der Waals surface area contributed by atoms with Crippen LogP contribution in [-0.4, -0.2) is 19.7 Å². The molecule has 0 aromatic heterocycles. The van der Waals surface area contributed by atoms with Crippen LogP contribution in [0, 0.1) is 0 Å². The maximum atomic E-state index is 5.95. The molecule has 104 valence electrons. The molecule has 1 aliphatic heterocycles. The predicted octanol–water partition coefficient (Wildman–Crippen LogP) is 3.64. The molecule has 1 aromatic carbocycles. The molecule has 0 saturated carbocycles. The molecule has 0 bridgehead atoms. The number of fused-ring (bicyclic) bond motifs is 1. The molecule has 0 fully saturated rings. The second-order valence-electron chi connectivity index (χ2n) is 5.21. The molecular formula is C17H25NO. The van der Waals surface area contributed by atoms with Crippen LogP contribution in [0.1, 0.15) is 43.9 Å². The van der Waals surface area contributed by atoms with Crippen LogP contribution in [0.25, 0.3) is 0 Å². The number of rotatable bonds is 6. The summed E-state index contributed by atoms with van der Waals surface area (Å²) < 4.78 is 5.95. The first-order chi connectivity index (χ1) is 9.31. The fraction of sp³-hybridized carbons (Fsp3) is 0.529. The van der Waals surface area contributed by atoms with Crippen molar-refractivity contribution in [3.05, 3.63) is 47.0 Å². The van der Waals surface area contributed by atoms with Crippen LogP contribution in [0.3, 0.4) is 0 Å². The summed E-state index contributed by atoms with van der Waals surface area (Å²) in [4.78, 5) is 0. The van der Waals surface area contributed by atoms with Crippen molar-refractivity contribution in [1.29, 1.82) is 0 Å². The highest BCUT2D eigenvalue weighted by Crippen LogP contribution is 2.31. The zero-order chi connectivity index (χ0) is 13.5. The Kier molecular flexibility index (Phi) is 5.62. The van der Waals surface area contributed by atoms with Gasteiger partial charge in [0.25, 0.3) is 0 Å². The van der Waals surface area contributed by atoms with E-state index in [9.17, 15) is 0 Å². The Morgan fingerprint density at radius 1 is 1.42 bits per heavy atom. The van der Waals surface area contributed by atoms with Gasteiger partial charge >= 0.3 is 0 Å². The molecule has 1 unspecified atom stereocenters. The van der Waals surface area contributed by atoms with Crippen molar-refractivity contribution < 1.29 is 4.74 Å². The van der Waals surface area contributed by atoms with Gasteiger partial charge in [0.1, 0.15) is 0 Å². The van der Waals surface area contributed by atoms with E-state index in [0.29, 0.717) is 0 Å². The minimum absolute atomic E-state index is 0.250. The molecule has 0 amide bonds. The predicted molar refractivity (Wildman–Crippen MR) is 80.4 cm³/mol. The Morgan fingerprint density at radius 3 is 3.11 bits per heavy atom. The Hall–Kier alpha value is -1.12. The van der Waals surface area contributed by atoms with Crippen molar-refractivity contribution in [2.45, 2.75) is 39.2 Å². The molecule has 2 rings (SSSR count). The molecule has 0 saturated heterocycles. The van der Waals surface area contributed by atoms with Gasteiger partial charge < -0.3 is 10.1 Å². The van der Waals surface area contributed by atoms with E-state index in [2.05, 4.69) is 49.5 Å². The van der Waals surface area contributed by atoms with Crippen molar-refractivity contribution in [2.24, 2.45) is 0 Å². The number of hydrogen-bond acceptors (Lipinski definition) is 2. The number of benzene rings is 1. The monoisotopic (exact) mass is 259 g/mol. The average molecular weight is 259 g/mol. The molecule has 0 radical (unpaired) electrons. The molecule has 1 aromatic rings. The lowest BCUT2D eigenvalue weighted by atomic mass is 9.93. The molecule has 1 heterocycles. The van der Waals surface area contributed by atoms with Gasteiger partial charge in [0.2, 0.25) is 0 Å². The van der Waals surface area contributed by atoms with E-state index in [1.54, 1.807) is 0 Å². The maximum Gasteiger partial charge on any atom is 0.0864 e. The number of hydrogen-bond donors (Lipinski definition) is 1. The van der Waals surface area contributed by atoms with E-state index in [4.69, 9.17) is 4.74 Å².